The SMILES string of the molecule is C[C@@H]1[C@@H]([Si](C)(C)O)[C@H](CC(=O)N2Cc3ccccc3C[C@H]2CO)O[C@@]12C(=O)N(Cc1ccc(NC(=O)[C@H]3CCCN3)cc1)c1ccccc12. The topological polar surface area (TPSA) is 131 Å². The molecule has 10 nitrogen and oxygen atoms in total. The maximum Gasteiger partial charge on any atom is 0.264 e. The Morgan fingerprint density at radius 3 is 2.45 bits per heavy atom. The molecule has 3 aromatic carbocycles. The summed E-state index contributed by atoms with van der Waals surface area (Å²) >= 11 is 0. The smallest absolute Gasteiger partial charge is 0.264 e. The monoisotopic (exact) mass is 682 g/mol. The van der Waals surface area contributed by atoms with Gasteiger partial charge in [-0.3, -0.25) is 14.4 Å². The third-order valence-electron chi connectivity index (χ3n) is 11.1. The van der Waals surface area contributed by atoms with E-state index in [2.05, 4.69) is 10.6 Å². The number of nitrogens with zero attached hydrogens (tertiary/aromatic N) is 2. The van der Waals surface area contributed by atoms with Crippen molar-refractivity contribution >= 4 is 37.4 Å². The third-order valence-corrected chi connectivity index (χ3v) is 13.6. The van der Waals surface area contributed by atoms with Crippen molar-refractivity contribution < 1.29 is 29.0 Å². The molecule has 2 fully saturated rings. The van der Waals surface area contributed by atoms with Gasteiger partial charge in [-0.15, -0.1) is 0 Å². The van der Waals surface area contributed by atoms with Crippen LogP contribution in [-0.4, -0.2) is 72.2 Å². The van der Waals surface area contributed by atoms with Gasteiger partial charge >= 0.3 is 0 Å². The summed E-state index contributed by atoms with van der Waals surface area (Å²) in [5, 5.41) is 16.4. The van der Waals surface area contributed by atoms with Crippen LogP contribution in [0.15, 0.2) is 72.8 Å². The van der Waals surface area contributed by atoms with Crippen LogP contribution in [-0.2, 0) is 44.2 Å². The summed E-state index contributed by atoms with van der Waals surface area (Å²) < 4.78 is 6.90. The van der Waals surface area contributed by atoms with Gasteiger partial charge in [0.25, 0.3) is 5.91 Å². The number of aliphatic hydroxyl groups excluding tert-OH is 1. The van der Waals surface area contributed by atoms with Gasteiger partial charge in [-0.25, -0.2) is 0 Å². The van der Waals surface area contributed by atoms with E-state index in [-0.39, 0.29) is 42.8 Å². The Labute approximate surface area is 288 Å². The van der Waals surface area contributed by atoms with E-state index in [9.17, 15) is 24.3 Å². The molecular weight excluding hydrogens is 637 g/mol. The van der Waals surface area contributed by atoms with E-state index in [1.807, 2.05) is 92.8 Å². The molecule has 49 heavy (non-hydrogen) atoms. The highest BCUT2D eigenvalue weighted by Crippen LogP contribution is 2.59. The summed E-state index contributed by atoms with van der Waals surface area (Å²) in [6.45, 7) is 7.07. The number of hydrogen-bond acceptors (Lipinski definition) is 7. The van der Waals surface area contributed by atoms with Gasteiger partial charge in [-0.2, -0.15) is 0 Å². The number of para-hydroxylation sites is 1. The number of aliphatic hydroxyl groups is 1. The average molecular weight is 683 g/mol. The zero-order valence-corrected chi connectivity index (χ0v) is 29.4. The highest BCUT2D eigenvalue weighted by atomic mass is 28.4. The van der Waals surface area contributed by atoms with E-state index in [4.69, 9.17) is 4.74 Å². The Hall–Kier alpha value is -3.87. The minimum Gasteiger partial charge on any atom is -0.432 e. The maximum absolute atomic E-state index is 14.7. The van der Waals surface area contributed by atoms with Gasteiger partial charge in [0.2, 0.25) is 11.8 Å². The number of ether oxygens (including phenoxy) is 1. The van der Waals surface area contributed by atoms with Crippen molar-refractivity contribution in [3.8, 4) is 0 Å². The molecular formula is C38H46N4O6Si. The molecule has 1 spiro atoms. The van der Waals surface area contributed by atoms with Gasteiger partial charge < -0.3 is 35.1 Å². The van der Waals surface area contributed by atoms with Crippen molar-refractivity contribution in [3.63, 3.8) is 0 Å². The number of amides is 3. The Balaban J connectivity index is 1.14. The van der Waals surface area contributed by atoms with Crippen molar-refractivity contribution in [1.29, 1.82) is 0 Å². The van der Waals surface area contributed by atoms with Crippen molar-refractivity contribution in [2.24, 2.45) is 5.92 Å². The highest BCUT2D eigenvalue weighted by molar-refractivity contribution is 6.71. The molecule has 4 heterocycles. The molecule has 0 aliphatic carbocycles. The largest absolute Gasteiger partial charge is 0.432 e. The quantitative estimate of drug-likeness (QED) is 0.264. The van der Waals surface area contributed by atoms with Crippen LogP contribution in [0.1, 0.15) is 48.4 Å². The molecule has 4 aliphatic heterocycles. The van der Waals surface area contributed by atoms with E-state index in [0.717, 1.165) is 47.3 Å². The second kappa shape index (κ2) is 13.1. The van der Waals surface area contributed by atoms with Gasteiger partial charge in [0, 0.05) is 29.3 Å². The van der Waals surface area contributed by atoms with Gasteiger partial charge in [0.1, 0.15) is 0 Å². The molecule has 11 heteroatoms. The number of carbonyl (C=O) groups excluding carboxylic acids is 3. The molecule has 258 valence electrons. The van der Waals surface area contributed by atoms with Crippen LogP contribution < -0.4 is 15.5 Å². The lowest BCUT2D eigenvalue weighted by Gasteiger charge is -2.37. The number of anilines is 2. The standard InChI is InChI=1S/C38H46N4O6Si/c1-24-35(49(2,3)47)33(20-34(44)41-22-27-10-5-4-9-26(27)19-29(41)23-43)48-38(24)30-11-6-7-13-32(30)42(37(38)46)21-25-14-16-28(17-15-25)40-36(45)31-12-8-18-39-31/h4-7,9-11,13-17,24,29,31,33,35,39,43,47H,8,12,18-23H2,1-3H3,(H,40,45)/t24-,29+,31-,33+,35-,38+/m1/s1. The minimum atomic E-state index is -2.97. The first-order valence-electron chi connectivity index (χ1n) is 17.4. The van der Waals surface area contributed by atoms with E-state index < -0.39 is 31.5 Å². The average Bonchev–Trinajstić information content (AvgIpc) is 3.79. The molecule has 4 aliphatic rings. The molecule has 0 bridgehead atoms. The number of benzene rings is 3. The van der Waals surface area contributed by atoms with Crippen LogP contribution in [0.3, 0.4) is 0 Å². The predicted molar refractivity (Wildman–Crippen MR) is 189 cm³/mol. The first-order valence-corrected chi connectivity index (χ1v) is 20.5. The number of fused-ring (bicyclic) bond motifs is 3. The van der Waals surface area contributed by atoms with Crippen molar-refractivity contribution in [2.75, 3.05) is 23.4 Å². The van der Waals surface area contributed by atoms with Gasteiger partial charge in [-0.05, 0) is 73.8 Å². The lowest BCUT2D eigenvalue weighted by atomic mass is 9.82. The van der Waals surface area contributed by atoms with E-state index >= 15 is 0 Å². The van der Waals surface area contributed by atoms with Crippen molar-refractivity contribution in [1.82, 2.24) is 10.2 Å². The Kier molecular flexibility index (Phi) is 8.99. The summed E-state index contributed by atoms with van der Waals surface area (Å²) in [7, 11) is -2.97. The third kappa shape index (κ3) is 6.01. The summed E-state index contributed by atoms with van der Waals surface area (Å²) in [6.07, 6.45) is 1.70. The Morgan fingerprint density at radius 2 is 1.76 bits per heavy atom. The van der Waals surface area contributed by atoms with Gasteiger partial charge in [0.05, 0.1) is 43.4 Å². The minimum absolute atomic E-state index is 0.00538. The molecule has 0 saturated carbocycles. The summed E-state index contributed by atoms with van der Waals surface area (Å²) in [4.78, 5) is 56.6. The molecule has 0 unspecified atom stereocenters. The fourth-order valence-electron chi connectivity index (χ4n) is 8.73. The van der Waals surface area contributed by atoms with Crippen molar-refractivity contribution in [2.45, 2.75) is 88.1 Å². The van der Waals surface area contributed by atoms with Crippen molar-refractivity contribution in [3.05, 3.63) is 95.1 Å². The van der Waals surface area contributed by atoms with Crippen LogP contribution in [0.2, 0.25) is 18.6 Å². The van der Waals surface area contributed by atoms with E-state index in [1.165, 1.54) is 0 Å². The normalized spacial score (nSPS) is 27.8. The first kappa shape index (κ1) is 33.6. The van der Waals surface area contributed by atoms with Gasteiger partial charge in [0.15, 0.2) is 13.9 Å². The number of carbonyl (C=O) groups is 3. The van der Waals surface area contributed by atoms with E-state index in [0.29, 0.717) is 25.2 Å². The van der Waals surface area contributed by atoms with Crippen LogP contribution in [0, 0.1) is 5.92 Å². The Morgan fingerprint density at radius 1 is 1.04 bits per heavy atom. The van der Waals surface area contributed by atoms with Gasteiger partial charge in [-0.1, -0.05) is 61.5 Å². The van der Waals surface area contributed by atoms with E-state index in [1.54, 1.807) is 9.80 Å². The zero-order valence-electron chi connectivity index (χ0n) is 28.4. The molecule has 3 amide bonds. The number of nitrogens with one attached hydrogen (secondary N) is 2. The lowest BCUT2D eigenvalue weighted by Crippen LogP contribution is -2.48. The number of rotatable bonds is 8. The number of hydrogen-bond donors (Lipinski definition) is 4. The fourth-order valence-corrected chi connectivity index (χ4v) is 11.3. The molecule has 2 saturated heterocycles. The van der Waals surface area contributed by atoms with Crippen LogP contribution in [0.4, 0.5) is 11.4 Å². The maximum atomic E-state index is 14.7. The molecule has 6 atom stereocenters. The van der Waals surface area contributed by atoms with Crippen LogP contribution in [0.25, 0.3) is 0 Å². The molecule has 4 N–H and O–H groups in total. The summed E-state index contributed by atoms with van der Waals surface area (Å²) in [5.74, 6) is -0.798. The predicted octanol–water partition coefficient (Wildman–Crippen LogP) is 4.06. The van der Waals surface area contributed by atoms with Crippen LogP contribution >= 0.6 is 0 Å². The molecule has 0 aromatic heterocycles. The molecule has 0 radical (unpaired) electrons. The molecule has 3 aromatic rings. The highest BCUT2D eigenvalue weighted by Gasteiger charge is 2.66. The second-order valence-electron chi connectivity index (χ2n) is 14.6. The fraction of sp³-hybridized carbons (Fsp3) is 0.447. The first-order chi connectivity index (χ1) is 23.5. The lowest BCUT2D eigenvalue weighted by molar-refractivity contribution is -0.151. The zero-order chi connectivity index (χ0) is 34.5. The van der Waals surface area contributed by atoms with Crippen LogP contribution in [0.5, 0.6) is 0 Å². The summed E-state index contributed by atoms with van der Waals surface area (Å²) in [5.41, 5.74) is 3.53. The Bertz CT molecular complexity index is 1740. The second-order valence-corrected chi connectivity index (χ2v) is 18.6. The molecule has 7 rings (SSSR count). The summed E-state index contributed by atoms with van der Waals surface area (Å²) in [6, 6.07) is 22.7.